The maximum absolute atomic E-state index is 14.2. The van der Waals surface area contributed by atoms with Crippen molar-refractivity contribution < 1.29 is 13.2 Å². The lowest BCUT2D eigenvalue weighted by Gasteiger charge is -2.24. The lowest BCUT2D eigenvalue weighted by molar-refractivity contribution is 0.305. The number of hydrogen-bond donors (Lipinski definition) is 1. The Bertz CT molecular complexity index is 2370. The van der Waals surface area contributed by atoms with Gasteiger partial charge in [-0.15, -0.1) is 0 Å². The molecule has 1 aliphatic rings. The molecule has 1 aliphatic heterocycles. The summed E-state index contributed by atoms with van der Waals surface area (Å²) >= 11 is 0. The van der Waals surface area contributed by atoms with Crippen molar-refractivity contribution in [2.24, 2.45) is 4.99 Å². The van der Waals surface area contributed by atoms with E-state index in [1.807, 2.05) is 80.6 Å². The maximum atomic E-state index is 14.2. The van der Waals surface area contributed by atoms with Gasteiger partial charge in [0, 0.05) is 36.5 Å². The summed E-state index contributed by atoms with van der Waals surface area (Å²) in [7, 11) is -3.32. The van der Waals surface area contributed by atoms with Gasteiger partial charge in [-0.3, -0.25) is 4.79 Å². The van der Waals surface area contributed by atoms with Crippen LogP contribution >= 0.6 is 0 Å². The average Bonchev–Trinajstić information content (AvgIpc) is 3.54. The summed E-state index contributed by atoms with van der Waals surface area (Å²) in [5, 5.41) is 26.0. The van der Waals surface area contributed by atoms with Crippen LogP contribution in [-0.2, 0) is 10.0 Å². The highest BCUT2D eigenvalue weighted by molar-refractivity contribution is 7.88. The highest BCUT2D eigenvalue weighted by Crippen LogP contribution is 2.38. The molecule has 0 bridgehead atoms. The molecule has 4 aromatic rings. The standard InChI is InChI=1S/C47H57N7O4S/c1-5-7-8-9-10-11-12-13-14-15-16-22-31-58-42-26-21-20-25-38(42)44-46(55)40(34-49)45-39(33-48)43(36-23-18-17-19-24-36)47(54(45)52-44)51-41-28-27-37(32-35(41)3)53(6-2)30-29-50-59(4,56)57/h17-21,23-28,32,50H,5-16,22,29-31H2,1-4H3. The van der Waals surface area contributed by atoms with E-state index in [4.69, 9.17) is 14.8 Å². The molecule has 0 aliphatic carbocycles. The van der Waals surface area contributed by atoms with Gasteiger partial charge in [0.2, 0.25) is 15.5 Å². The van der Waals surface area contributed by atoms with Crippen LogP contribution in [0, 0.1) is 29.6 Å². The fourth-order valence-corrected chi connectivity index (χ4v) is 7.90. The summed E-state index contributed by atoms with van der Waals surface area (Å²) in [6.07, 6.45) is 16.0. The van der Waals surface area contributed by atoms with Gasteiger partial charge in [0.05, 0.1) is 24.1 Å². The van der Waals surface area contributed by atoms with E-state index in [1.54, 1.807) is 6.07 Å². The number of aryl methyl sites for hydroxylation is 1. The molecule has 0 unspecified atom stereocenters. The van der Waals surface area contributed by atoms with E-state index < -0.39 is 15.5 Å². The third-order valence-corrected chi connectivity index (χ3v) is 11.3. The molecule has 2 heterocycles. The first-order valence-electron chi connectivity index (χ1n) is 21.0. The van der Waals surface area contributed by atoms with Crippen LogP contribution in [0.2, 0.25) is 0 Å². The number of benzene rings is 3. The average molecular weight is 816 g/mol. The van der Waals surface area contributed by atoms with E-state index in [1.165, 1.54) is 62.5 Å². The van der Waals surface area contributed by atoms with Gasteiger partial charge in [-0.25, -0.2) is 22.8 Å². The summed E-state index contributed by atoms with van der Waals surface area (Å²) in [4.78, 5) is 21.4. The number of ether oxygens (including phenoxy) is 1. The van der Waals surface area contributed by atoms with Crippen LogP contribution in [0.5, 0.6) is 5.75 Å². The van der Waals surface area contributed by atoms with Gasteiger partial charge in [-0.1, -0.05) is 120 Å². The number of aliphatic imine (C=N–C) groups is 1. The number of rotatable bonds is 23. The van der Waals surface area contributed by atoms with E-state index in [0.29, 0.717) is 53.7 Å². The largest absolute Gasteiger partial charge is 0.493 e. The number of nitriles is 2. The molecule has 12 heteroatoms. The second-order valence-corrected chi connectivity index (χ2v) is 16.9. The zero-order valence-electron chi connectivity index (χ0n) is 35.0. The van der Waals surface area contributed by atoms with Gasteiger partial charge in [0.15, 0.2) is 5.84 Å². The van der Waals surface area contributed by atoms with Crippen molar-refractivity contribution in [3.8, 4) is 29.1 Å². The molecule has 11 nitrogen and oxygen atoms in total. The SMILES string of the molecule is CCCCCCCCCCCCCCOc1ccccc1-c1nn2c(c(C#N)c1=O)C(C#N)=C(c1ccccc1)C2=Nc1ccc(N(CC)CCNS(C)(=O)=O)cc1C. The van der Waals surface area contributed by atoms with E-state index in [0.717, 1.165) is 36.8 Å². The van der Waals surface area contributed by atoms with Gasteiger partial charge in [0.25, 0.3) is 0 Å². The Morgan fingerprint density at radius 3 is 2.10 bits per heavy atom. The summed E-state index contributed by atoms with van der Waals surface area (Å²) < 4.78 is 33.6. The quantitative estimate of drug-likeness (QED) is 0.0727. The molecule has 0 saturated heterocycles. The number of para-hydroxylation sites is 1. The van der Waals surface area contributed by atoms with Crippen LogP contribution in [0.4, 0.5) is 11.4 Å². The Hall–Kier alpha value is -5.56. The molecule has 1 aromatic heterocycles. The van der Waals surface area contributed by atoms with Gasteiger partial charge < -0.3 is 9.64 Å². The number of aromatic nitrogens is 2. The Morgan fingerprint density at radius 1 is 0.847 bits per heavy atom. The lowest BCUT2D eigenvalue weighted by atomic mass is 9.98. The highest BCUT2D eigenvalue weighted by Gasteiger charge is 2.35. The van der Waals surface area contributed by atoms with E-state index in [-0.39, 0.29) is 29.1 Å². The Kier molecular flexibility index (Phi) is 16.6. The molecule has 310 valence electrons. The lowest BCUT2D eigenvalue weighted by Crippen LogP contribution is -2.34. The summed E-state index contributed by atoms with van der Waals surface area (Å²) in [6.45, 7) is 8.04. The minimum Gasteiger partial charge on any atom is -0.493 e. The van der Waals surface area contributed by atoms with E-state index in [2.05, 4.69) is 28.7 Å². The van der Waals surface area contributed by atoms with Crippen LogP contribution in [0.15, 0.2) is 82.6 Å². The molecule has 0 saturated carbocycles. The molecule has 0 radical (unpaired) electrons. The van der Waals surface area contributed by atoms with Crippen LogP contribution < -0.4 is 19.8 Å². The van der Waals surface area contributed by atoms with Crippen molar-refractivity contribution in [1.29, 1.82) is 10.5 Å². The number of sulfonamides is 1. The first kappa shape index (κ1) is 44.5. The Morgan fingerprint density at radius 2 is 1.49 bits per heavy atom. The molecule has 1 N–H and O–H groups in total. The predicted octanol–water partition coefficient (Wildman–Crippen LogP) is 9.57. The molecular formula is C47H57N7O4S. The number of likely N-dealkylation sites (N-methyl/N-ethyl adjacent to an activating group) is 1. The summed E-state index contributed by atoms with van der Waals surface area (Å²) in [5.41, 5.74) is 3.37. The number of allylic oxidation sites excluding steroid dienone is 2. The minimum atomic E-state index is -3.32. The fraction of sp³-hybridized carbons (Fsp3) is 0.426. The van der Waals surface area contributed by atoms with Crippen LogP contribution in [0.3, 0.4) is 0 Å². The zero-order valence-corrected chi connectivity index (χ0v) is 35.8. The van der Waals surface area contributed by atoms with Crippen molar-refractivity contribution in [3.05, 3.63) is 105 Å². The monoisotopic (exact) mass is 815 g/mol. The smallest absolute Gasteiger partial charge is 0.226 e. The van der Waals surface area contributed by atoms with Gasteiger partial charge in [-0.2, -0.15) is 15.6 Å². The first-order valence-corrected chi connectivity index (χ1v) is 22.9. The molecular weight excluding hydrogens is 759 g/mol. The third-order valence-electron chi connectivity index (χ3n) is 10.6. The number of anilines is 1. The van der Waals surface area contributed by atoms with Gasteiger partial charge >= 0.3 is 0 Å². The number of fused-ring (bicyclic) bond motifs is 1. The van der Waals surface area contributed by atoms with Crippen molar-refractivity contribution >= 4 is 38.4 Å². The van der Waals surface area contributed by atoms with E-state index in [9.17, 15) is 23.7 Å². The fourth-order valence-electron chi connectivity index (χ4n) is 7.44. The Balaban J connectivity index is 1.44. The molecule has 0 amide bonds. The van der Waals surface area contributed by atoms with Crippen molar-refractivity contribution in [3.63, 3.8) is 0 Å². The predicted molar refractivity (Wildman–Crippen MR) is 238 cm³/mol. The number of hydrogen-bond acceptors (Lipinski definition) is 9. The summed E-state index contributed by atoms with van der Waals surface area (Å²) in [6, 6.07) is 26.7. The molecule has 0 spiro atoms. The molecule has 3 aromatic carbocycles. The Labute approximate surface area is 350 Å². The van der Waals surface area contributed by atoms with Crippen LogP contribution in [0.1, 0.15) is 113 Å². The summed E-state index contributed by atoms with van der Waals surface area (Å²) in [5.74, 6) is 0.799. The van der Waals surface area contributed by atoms with Gasteiger partial charge in [0.1, 0.15) is 34.8 Å². The number of nitrogens with one attached hydrogen (secondary N) is 1. The maximum Gasteiger partial charge on any atom is 0.226 e. The van der Waals surface area contributed by atoms with Crippen molar-refractivity contribution in [1.82, 2.24) is 14.5 Å². The first-order chi connectivity index (χ1) is 28.6. The van der Waals surface area contributed by atoms with E-state index >= 15 is 0 Å². The molecule has 0 fully saturated rings. The number of unbranched alkanes of at least 4 members (excludes halogenated alkanes) is 11. The topological polar surface area (TPSA) is 153 Å². The number of nitrogens with zero attached hydrogens (tertiary/aromatic N) is 6. The van der Waals surface area contributed by atoms with Crippen molar-refractivity contribution in [2.45, 2.75) is 97.8 Å². The molecule has 5 rings (SSSR count). The van der Waals surface area contributed by atoms with Gasteiger partial charge in [-0.05, 0) is 61.7 Å². The highest BCUT2D eigenvalue weighted by atomic mass is 32.2. The second-order valence-electron chi connectivity index (χ2n) is 15.0. The third kappa shape index (κ3) is 11.8. The van der Waals surface area contributed by atoms with Crippen molar-refractivity contribution in [2.75, 3.05) is 37.4 Å². The van der Waals surface area contributed by atoms with Crippen LogP contribution in [-0.4, -0.2) is 56.5 Å². The molecule has 0 atom stereocenters. The minimum absolute atomic E-state index is 0.0308. The zero-order chi connectivity index (χ0) is 42.2. The van der Waals surface area contributed by atoms with Crippen LogP contribution in [0.25, 0.3) is 22.4 Å². The normalized spacial score (nSPS) is 13.0. The molecule has 59 heavy (non-hydrogen) atoms. The second kappa shape index (κ2) is 22.0.